The highest BCUT2D eigenvalue weighted by atomic mass is 16.5. The van der Waals surface area contributed by atoms with Gasteiger partial charge in [0.1, 0.15) is 5.75 Å². The molecule has 2 nitrogen and oxygen atoms in total. The van der Waals surface area contributed by atoms with Gasteiger partial charge >= 0.3 is 0 Å². The van der Waals surface area contributed by atoms with Gasteiger partial charge in [0.2, 0.25) is 0 Å². The van der Waals surface area contributed by atoms with Gasteiger partial charge in [0, 0.05) is 6.04 Å². The van der Waals surface area contributed by atoms with E-state index >= 15 is 0 Å². The minimum absolute atomic E-state index is 0.621. The normalized spacial score (nSPS) is 18.2. The highest BCUT2D eigenvalue weighted by Gasteiger charge is 2.22. The van der Waals surface area contributed by atoms with Gasteiger partial charge in [-0.05, 0) is 55.8 Å². The summed E-state index contributed by atoms with van der Waals surface area (Å²) in [5.41, 5.74) is 1.40. The molecule has 1 saturated carbocycles. The minimum Gasteiger partial charge on any atom is -0.497 e. The molecule has 1 aliphatic rings. The molecule has 0 aromatic heterocycles. The lowest BCUT2D eigenvalue weighted by Gasteiger charge is -2.27. The van der Waals surface area contributed by atoms with E-state index in [9.17, 15) is 0 Å². The first-order chi connectivity index (χ1) is 10.3. The average Bonchev–Trinajstić information content (AvgIpc) is 2.81. The van der Waals surface area contributed by atoms with Gasteiger partial charge in [-0.2, -0.15) is 0 Å². The Morgan fingerprint density at radius 3 is 2.62 bits per heavy atom. The van der Waals surface area contributed by atoms with Crippen LogP contribution in [0.3, 0.4) is 0 Å². The van der Waals surface area contributed by atoms with Crippen LogP contribution in [0, 0.1) is 5.92 Å². The molecule has 1 unspecified atom stereocenters. The van der Waals surface area contributed by atoms with E-state index in [0.717, 1.165) is 24.6 Å². The van der Waals surface area contributed by atoms with Gasteiger partial charge in [0.15, 0.2) is 0 Å². The van der Waals surface area contributed by atoms with Gasteiger partial charge in [-0.15, -0.1) is 0 Å². The maximum Gasteiger partial charge on any atom is 0.119 e. The molecule has 1 aromatic rings. The largest absolute Gasteiger partial charge is 0.497 e. The van der Waals surface area contributed by atoms with Gasteiger partial charge in [0.05, 0.1) is 7.11 Å². The van der Waals surface area contributed by atoms with E-state index in [1.807, 2.05) is 6.07 Å². The van der Waals surface area contributed by atoms with Crippen LogP contribution in [0.2, 0.25) is 0 Å². The van der Waals surface area contributed by atoms with Gasteiger partial charge in [0.25, 0.3) is 0 Å². The lowest BCUT2D eigenvalue weighted by molar-refractivity contribution is 0.317. The fraction of sp³-hybridized carbons (Fsp3) is 0.684. The van der Waals surface area contributed by atoms with E-state index in [1.54, 1.807) is 7.11 Å². The van der Waals surface area contributed by atoms with Crippen molar-refractivity contribution >= 4 is 0 Å². The first-order valence-corrected chi connectivity index (χ1v) is 8.69. The van der Waals surface area contributed by atoms with Crippen LogP contribution < -0.4 is 10.1 Å². The molecule has 0 bridgehead atoms. The number of nitrogens with one attached hydrogen (secondary N) is 1. The van der Waals surface area contributed by atoms with Crippen LogP contribution in [0.5, 0.6) is 5.75 Å². The Morgan fingerprint density at radius 2 is 1.95 bits per heavy atom. The summed E-state index contributed by atoms with van der Waals surface area (Å²) in [6, 6.07) is 9.19. The topological polar surface area (TPSA) is 21.3 Å². The molecule has 0 amide bonds. The van der Waals surface area contributed by atoms with Crippen LogP contribution in [0.25, 0.3) is 0 Å². The summed E-state index contributed by atoms with van der Waals surface area (Å²) in [6.45, 7) is 3.38. The predicted molar refractivity (Wildman–Crippen MR) is 90.0 cm³/mol. The highest BCUT2D eigenvalue weighted by molar-refractivity contribution is 5.29. The summed E-state index contributed by atoms with van der Waals surface area (Å²) in [6.07, 6.45) is 10.8. The van der Waals surface area contributed by atoms with Crippen molar-refractivity contribution in [2.24, 2.45) is 5.92 Å². The van der Waals surface area contributed by atoms with Crippen molar-refractivity contribution in [1.82, 2.24) is 5.32 Å². The van der Waals surface area contributed by atoms with Crippen LogP contribution in [-0.4, -0.2) is 19.7 Å². The molecule has 1 atom stereocenters. The van der Waals surface area contributed by atoms with Crippen molar-refractivity contribution in [2.75, 3.05) is 13.7 Å². The SMILES string of the molecule is CCCNC(Cc1cccc(OC)c1)C1CCCCCC1. The van der Waals surface area contributed by atoms with Crippen LogP contribution >= 0.6 is 0 Å². The molecule has 2 heteroatoms. The van der Waals surface area contributed by atoms with Gasteiger partial charge in [-0.1, -0.05) is 44.7 Å². The lowest BCUT2D eigenvalue weighted by Crippen LogP contribution is -2.38. The third-order valence-electron chi connectivity index (χ3n) is 4.72. The molecule has 0 spiro atoms. The fourth-order valence-corrected chi connectivity index (χ4v) is 3.50. The number of benzene rings is 1. The minimum atomic E-state index is 0.621. The van der Waals surface area contributed by atoms with E-state index in [2.05, 4.69) is 30.4 Å². The number of ether oxygens (including phenoxy) is 1. The lowest BCUT2D eigenvalue weighted by atomic mass is 9.87. The first-order valence-electron chi connectivity index (χ1n) is 8.69. The molecule has 1 N–H and O–H groups in total. The zero-order valence-electron chi connectivity index (χ0n) is 13.7. The van der Waals surface area contributed by atoms with Crippen molar-refractivity contribution < 1.29 is 4.74 Å². The Hall–Kier alpha value is -1.02. The molecule has 118 valence electrons. The molecular weight excluding hydrogens is 258 g/mol. The van der Waals surface area contributed by atoms with Gasteiger partial charge < -0.3 is 10.1 Å². The Balaban J connectivity index is 2.03. The van der Waals surface area contributed by atoms with Crippen LogP contribution in [0.1, 0.15) is 57.4 Å². The fourth-order valence-electron chi connectivity index (χ4n) is 3.50. The molecule has 1 fully saturated rings. The molecule has 2 rings (SSSR count). The monoisotopic (exact) mass is 289 g/mol. The summed E-state index contributed by atoms with van der Waals surface area (Å²) < 4.78 is 5.36. The Morgan fingerprint density at radius 1 is 1.19 bits per heavy atom. The summed E-state index contributed by atoms with van der Waals surface area (Å²) in [7, 11) is 1.75. The van der Waals surface area contributed by atoms with Crippen LogP contribution in [0.4, 0.5) is 0 Å². The quantitative estimate of drug-likeness (QED) is 0.742. The molecule has 1 aliphatic carbocycles. The summed E-state index contributed by atoms with van der Waals surface area (Å²) in [5.74, 6) is 1.81. The Labute approximate surface area is 130 Å². The second-order valence-electron chi connectivity index (χ2n) is 6.37. The number of hydrogen-bond acceptors (Lipinski definition) is 2. The number of methoxy groups -OCH3 is 1. The highest BCUT2D eigenvalue weighted by Crippen LogP contribution is 2.27. The molecular formula is C19H31NO. The van der Waals surface area contributed by atoms with Crippen molar-refractivity contribution in [3.63, 3.8) is 0 Å². The van der Waals surface area contributed by atoms with Crippen LogP contribution in [-0.2, 0) is 6.42 Å². The number of rotatable bonds is 7. The Kier molecular flexibility index (Phi) is 7.08. The summed E-state index contributed by atoms with van der Waals surface area (Å²) >= 11 is 0. The average molecular weight is 289 g/mol. The van der Waals surface area contributed by atoms with Gasteiger partial charge in [-0.3, -0.25) is 0 Å². The molecule has 0 radical (unpaired) electrons. The molecule has 0 saturated heterocycles. The van der Waals surface area contributed by atoms with E-state index < -0.39 is 0 Å². The molecule has 1 aromatic carbocycles. The molecule has 0 aliphatic heterocycles. The maximum absolute atomic E-state index is 5.36. The third kappa shape index (κ3) is 5.35. The van der Waals surface area contributed by atoms with E-state index in [0.29, 0.717) is 6.04 Å². The predicted octanol–water partition coefficient (Wildman–Crippen LogP) is 4.58. The van der Waals surface area contributed by atoms with Crippen molar-refractivity contribution in [1.29, 1.82) is 0 Å². The second kappa shape index (κ2) is 9.09. The summed E-state index contributed by atoms with van der Waals surface area (Å²) in [5, 5.41) is 3.81. The zero-order chi connectivity index (χ0) is 14.9. The van der Waals surface area contributed by atoms with E-state index in [-0.39, 0.29) is 0 Å². The standard InChI is InChI=1S/C19H31NO/c1-3-13-20-19(17-10-6-4-5-7-11-17)15-16-9-8-12-18(14-16)21-2/h8-9,12,14,17,19-20H,3-7,10-11,13,15H2,1-2H3. The molecule has 0 heterocycles. The maximum atomic E-state index is 5.36. The van der Waals surface area contributed by atoms with Gasteiger partial charge in [-0.25, -0.2) is 0 Å². The van der Waals surface area contributed by atoms with E-state index in [1.165, 1.54) is 50.5 Å². The van der Waals surface area contributed by atoms with E-state index in [4.69, 9.17) is 4.74 Å². The van der Waals surface area contributed by atoms with Crippen molar-refractivity contribution in [3.05, 3.63) is 29.8 Å². The van der Waals surface area contributed by atoms with Crippen molar-refractivity contribution in [2.45, 2.75) is 64.3 Å². The molecule has 21 heavy (non-hydrogen) atoms. The zero-order valence-corrected chi connectivity index (χ0v) is 13.7. The first kappa shape index (κ1) is 16.4. The summed E-state index contributed by atoms with van der Waals surface area (Å²) in [4.78, 5) is 0. The van der Waals surface area contributed by atoms with Crippen molar-refractivity contribution in [3.8, 4) is 5.75 Å². The number of hydrogen-bond donors (Lipinski definition) is 1. The third-order valence-corrected chi connectivity index (χ3v) is 4.72. The second-order valence-corrected chi connectivity index (χ2v) is 6.37. The smallest absolute Gasteiger partial charge is 0.119 e. The van der Waals surface area contributed by atoms with Crippen LogP contribution in [0.15, 0.2) is 24.3 Å². The Bertz CT molecular complexity index is 396.